The van der Waals surface area contributed by atoms with Crippen LogP contribution in [0.5, 0.6) is 0 Å². The third-order valence-electron chi connectivity index (χ3n) is 4.86. The second kappa shape index (κ2) is 7.16. The Kier molecular flexibility index (Phi) is 5.36. The van der Waals surface area contributed by atoms with Crippen molar-refractivity contribution >= 4 is 17.8 Å². The zero-order valence-electron chi connectivity index (χ0n) is 15.1. The SMILES string of the molecule is C#CC(CC)(CC)NC(=O)CN1C(=O)NC(C)(c2ccc(F)cc2)C1=O. The molecule has 7 heteroatoms. The molecule has 6 nitrogen and oxygen atoms in total. The van der Waals surface area contributed by atoms with Gasteiger partial charge in [0.2, 0.25) is 5.91 Å². The maximum Gasteiger partial charge on any atom is 0.325 e. The maximum atomic E-state index is 13.1. The lowest BCUT2D eigenvalue weighted by atomic mass is 9.92. The molecule has 1 aromatic carbocycles. The molecule has 1 aliphatic heterocycles. The number of imide groups is 1. The molecule has 1 aliphatic rings. The molecule has 26 heavy (non-hydrogen) atoms. The van der Waals surface area contributed by atoms with Crippen LogP contribution in [-0.4, -0.2) is 34.8 Å². The van der Waals surface area contributed by atoms with E-state index in [-0.39, 0.29) is 0 Å². The van der Waals surface area contributed by atoms with Crippen LogP contribution >= 0.6 is 0 Å². The van der Waals surface area contributed by atoms with E-state index in [0.29, 0.717) is 18.4 Å². The largest absolute Gasteiger partial charge is 0.338 e. The van der Waals surface area contributed by atoms with Crippen molar-refractivity contribution in [3.63, 3.8) is 0 Å². The Morgan fingerprint density at radius 2 is 1.88 bits per heavy atom. The van der Waals surface area contributed by atoms with Gasteiger partial charge in [-0.05, 0) is 37.5 Å². The fraction of sp³-hybridized carbons (Fsp3) is 0.421. The van der Waals surface area contributed by atoms with Crippen LogP contribution < -0.4 is 10.6 Å². The van der Waals surface area contributed by atoms with Crippen LogP contribution in [-0.2, 0) is 15.1 Å². The minimum atomic E-state index is -1.36. The highest BCUT2D eigenvalue weighted by molar-refractivity contribution is 6.09. The van der Waals surface area contributed by atoms with Gasteiger partial charge in [-0.15, -0.1) is 6.42 Å². The molecule has 1 fully saturated rings. The predicted molar refractivity (Wildman–Crippen MR) is 94.3 cm³/mol. The van der Waals surface area contributed by atoms with Crippen molar-refractivity contribution in [1.29, 1.82) is 0 Å². The fourth-order valence-electron chi connectivity index (χ4n) is 2.94. The summed E-state index contributed by atoms with van der Waals surface area (Å²) < 4.78 is 13.1. The number of rotatable bonds is 6. The molecule has 0 spiro atoms. The number of amides is 4. The van der Waals surface area contributed by atoms with Crippen molar-refractivity contribution in [3.05, 3.63) is 35.6 Å². The van der Waals surface area contributed by atoms with E-state index >= 15 is 0 Å². The van der Waals surface area contributed by atoms with Crippen molar-refractivity contribution in [2.24, 2.45) is 0 Å². The van der Waals surface area contributed by atoms with Crippen molar-refractivity contribution in [3.8, 4) is 12.3 Å². The second-order valence-electron chi connectivity index (χ2n) is 6.44. The van der Waals surface area contributed by atoms with Gasteiger partial charge < -0.3 is 10.6 Å². The lowest BCUT2D eigenvalue weighted by Gasteiger charge is -2.28. The number of terminal acetylenes is 1. The molecule has 0 saturated carbocycles. The lowest BCUT2D eigenvalue weighted by molar-refractivity contribution is -0.135. The van der Waals surface area contributed by atoms with Crippen LogP contribution in [0.4, 0.5) is 9.18 Å². The number of carbonyl (C=O) groups is 3. The lowest BCUT2D eigenvalue weighted by Crippen LogP contribution is -2.51. The number of hydrogen-bond acceptors (Lipinski definition) is 3. The number of nitrogens with one attached hydrogen (secondary N) is 2. The van der Waals surface area contributed by atoms with Gasteiger partial charge in [0.1, 0.15) is 23.4 Å². The van der Waals surface area contributed by atoms with E-state index in [9.17, 15) is 18.8 Å². The van der Waals surface area contributed by atoms with Gasteiger partial charge in [-0.3, -0.25) is 14.5 Å². The fourth-order valence-corrected chi connectivity index (χ4v) is 2.94. The van der Waals surface area contributed by atoms with E-state index in [0.717, 1.165) is 4.90 Å². The van der Waals surface area contributed by atoms with Gasteiger partial charge in [-0.1, -0.05) is 31.9 Å². The molecule has 4 amide bonds. The molecule has 0 aromatic heterocycles. The standard InChI is InChI=1S/C19H22FN3O3/c1-5-19(6-2,7-3)21-15(24)12-23-16(25)18(4,22-17(23)26)13-8-10-14(20)11-9-13/h1,8-11H,6-7,12H2,2-4H3,(H,21,24)(H,22,26). The molecule has 1 unspecified atom stereocenters. The summed E-state index contributed by atoms with van der Waals surface area (Å²) in [5.41, 5.74) is -1.74. The summed E-state index contributed by atoms with van der Waals surface area (Å²) in [6.45, 7) is 4.78. The first-order valence-corrected chi connectivity index (χ1v) is 8.40. The quantitative estimate of drug-likeness (QED) is 0.601. The van der Waals surface area contributed by atoms with Gasteiger partial charge in [0, 0.05) is 0 Å². The predicted octanol–water partition coefficient (Wildman–Crippen LogP) is 1.90. The molecular weight excluding hydrogens is 337 g/mol. The summed E-state index contributed by atoms with van der Waals surface area (Å²) in [5.74, 6) is 1.02. The highest BCUT2D eigenvalue weighted by Gasteiger charge is 2.49. The molecule has 0 radical (unpaired) electrons. The smallest absolute Gasteiger partial charge is 0.325 e. The van der Waals surface area contributed by atoms with Crippen molar-refractivity contribution in [2.75, 3.05) is 6.54 Å². The normalized spacial score (nSPS) is 19.9. The van der Waals surface area contributed by atoms with Crippen LogP contribution in [0.25, 0.3) is 0 Å². The van der Waals surface area contributed by atoms with E-state index in [1.165, 1.54) is 31.2 Å². The number of carbonyl (C=O) groups excluding carboxylic acids is 3. The first kappa shape index (κ1) is 19.4. The minimum absolute atomic E-state index is 0.431. The summed E-state index contributed by atoms with van der Waals surface area (Å²) in [6.07, 6.45) is 6.57. The Labute approximate surface area is 152 Å². The average Bonchev–Trinajstić information content (AvgIpc) is 2.84. The molecule has 1 heterocycles. The van der Waals surface area contributed by atoms with Gasteiger partial charge >= 0.3 is 6.03 Å². The Bertz CT molecular complexity index is 765. The molecule has 2 N–H and O–H groups in total. The summed E-state index contributed by atoms with van der Waals surface area (Å²) in [5, 5.41) is 5.29. The Balaban J connectivity index is 2.18. The van der Waals surface area contributed by atoms with Crippen molar-refractivity contribution < 1.29 is 18.8 Å². The molecule has 1 aromatic rings. The highest BCUT2D eigenvalue weighted by Crippen LogP contribution is 2.28. The van der Waals surface area contributed by atoms with E-state index in [2.05, 4.69) is 16.6 Å². The minimum Gasteiger partial charge on any atom is -0.338 e. The van der Waals surface area contributed by atoms with Gasteiger partial charge in [-0.2, -0.15) is 0 Å². The van der Waals surface area contributed by atoms with Gasteiger partial charge in [-0.25, -0.2) is 9.18 Å². The van der Waals surface area contributed by atoms with E-state index in [1.54, 1.807) is 0 Å². The number of urea groups is 1. The summed E-state index contributed by atoms with van der Waals surface area (Å²) in [4.78, 5) is 38.2. The van der Waals surface area contributed by atoms with Crippen LogP contribution in [0.1, 0.15) is 39.2 Å². The second-order valence-corrected chi connectivity index (χ2v) is 6.44. The van der Waals surface area contributed by atoms with Crippen LogP contribution in [0, 0.1) is 18.2 Å². The summed E-state index contributed by atoms with van der Waals surface area (Å²) >= 11 is 0. The van der Waals surface area contributed by atoms with Gasteiger partial charge in [0.15, 0.2) is 0 Å². The van der Waals surface area contributed by atoms with E-state index in [1.807, 2.05) is 13.8 Å². The van der Waals surface area contributed by atoms with E-state index < -0.39 is 41.3 Å². The van der Waals surface area contributed by atoms with Crippen LogP contribution in [0.3, 0.4) is 0 Å². The number of hydrogen-bond donors (Lipinski definition) is 2. The zero-order valence-corrected chi connectivity index (χ0v) is 15.1. The Morgan fingerprint density at radius 3 is 2.38 bits per heavy atom. The Morgan fingerprint density at radius 1 is 1.31 bits per heavy atom. The van der Waals surface area contributed by atoms with E-state index in [4.69, 9.17) is 6.42 Å². The maximum absolute atomic E-state index is 13.1. The van der Waals surface area contributed by atoms with Crippen molar-refractivity contribution in [1.82, 2.24) is 15.5 Å². The third-order valence-corrected chi connectivity index (χ3v) is 4.86. The first-order valence-electron chi connectivity index (χ1n) is 8.40. The third kappa shape index (κ3) is 3.40. The highest BCUT2D eigenvalue weighted by atomic mass is 19.1. The molecule has 0 aliphatic carbocycles. The van der Waals surface area contributed by atoms with Crippen molar-refractivity contribution in [2.45, 2.75) is 44.7 Å². The Hall–Kier alpha value is -2.88. The monoisotopic (exact) mass is 359 g/mol. The molecule has 138 valence electrons. The van der Waals surface area contributed by atoms with Gasteiger partial charge in [0.25, 0.3) is 5.91 Å². The van der Waals surface area contributed by atoms with Crippen LogP contribution in [0.2, 0.25) is 0 Å². The topological polar surface area (TPSA) is 78.5 Å². The molecule has 1 saturated heterocycles. The average molecular weight is 359 g/mol. The number of halogens is 1. The molecule has 2 rings (SSSR count). The summed E-state index contributed by atoms with van der Waals surface area (Å²) in [7, 11) is 0. The molecular formula is C19H22FN3O3. The van der Waals surface area contributed by atoms with Crippen LogP contribution in [0.15, 0.2) is 24.3 Å². The first-order chi connectivity index (χ1) is 12.2. The van der Waals surface area contributed by atoms with Gasteiger partial charge in [0.05, 0.1) is 0 Å². The molecule has 0 bridgehead atoms. The number of nitrogens with zero attached hydrogens (tertiary/aromatic N) is 1. The zero-order chi connectivity index (χ0) is 19.5. The molecule has 1 atom stereocenters. The number of benzene rings is 1. The summed E-state index contributed by atoms with van der Waals surface area (Å²) in [6, 6.07) is 4.58.